The first-order chi connectivity index (χ1) is 11.1. The first-order valence-electron chi connectivity index (χ1n) is 7.41. The maximum absolute atomic E-state index is 12.4. The lowest BCUT2D eigenvalue weighted by atomic mass is 10.1. The van der Waals surface area contributed by atoms with E-state index < -0.39 is 29.6 Å². The fourth-order valence-corrected chi connectivity index (χ4v) is 2.20. The molecular weight excluding hydrogens is 378 g/mol. The van der Waals surface area contributed by atoms with Gasteiger partial charge in [0.1, 0.15) is 11.6 Å². The van der Waals surface area contributed by atoms with Crippen LogP contribution in [0.2, 0.25) is 0 Å². The third-order valence-corrected chi connectivity index (χ3v) is 3.27. The number of rotatable bonds is 6. The second kappa shape index (κ2) is 8.68. The van der Waals surface area contributed by atoms with E-state index in [1.807, 2.05) is 6.07 Å². The summed E-state index contributed by atoms with van der Waals surface area (Å²) in [4.78, 5) is 35.3. The van der Waals surface area contributed by atoms with Crippen molar-refractivity contribution in [1.82, 2.24) is 5.32 Å². The van der Waals surface area contributed by atoms with Crippen LogP contribution in [-0.4, -0.2) is 29.6 Å². The normalized spacial score (nSPS) is 12.2. The summed E-state index contributed by atoms with van der Waals surface area (Å²) >= 11 is 3.31. The summed E-state index contributed by atoms with van der Waals surface area (Å²) in [5.41, 5.74) is 4.99. The Labute approximate surface area is 149 Å². The lowest BCUT2D eigenvalue weighted by molar-refractivity contribution is -0.119. The summed E-state index contributed by atoms with van der Waals surface area (Å²) in [6.07, 6.45) is -0.692. The third kappa shape index (κ3) is 7.96. The van der Waals surface area contributed by atoms with Crippen LogP contribution in [0.5, 0.6) is 0 Å². The van der Waals surface area contributed by atoms with E-state index in [9.17, 15) is 14.4 Å². The number of primary amides is 1. The minimum absolute atomic E-state index is 0.0353. The SMILES string of the molecule is CC(C)(C)OC(=O)NC(CCC(N)=O)C(=O)Nc1cccc(Br)c1. The van der Waals surface area contributed by atoms with E-state index in [0.29, 0.717) is 5.69 Å². The molecule has 0 fully saturated rings. The lowest BCUT2D eigenvalue weighted by Gasteiger charge is -2.23. The molecule has 0 aliphatic rings. The highest BCUT2D eigenvalue weighted by Crippen LogP contribution is 2.16. The van der Waals surface area contributed by atoms with Gasteiger partial charge in [0, 0.05) is 16.6 Å². The van der Waals surface area contributed by atoms with Gasteiger partial charge in [-0.3, -0.25) is 9.59 Å². The van der Waals surface area contributed by atoms with Crippen LogP contribution < -0.4 is 16.4 Å². The molecule has 8 heteroatoms. The molecule has 7 nitrogen and oxygen atoms in total. The lowest BCUT2D eigenvalue weighted by Crippen LogP contribution is -2.46. The van der Waals surface area contributed by atoms with Crippen molar-refractivity contribution in [2.45, 2.75) is 45.3 Å². The molecule has 1 aromatic rings. The Morgan fingerprint density at radius 3 is 2.50 bits per heavy atom. The topological polar surface area (TPSA) is 111 Å². The predicted octanol–water partition coefficient (Wildman–Crippen LogP) is 2.55. The van der Waals surface area contributed by atoms with Gasteiger partial charge in [-0.2, -0.15) is 0 Å². The molecule has 1 atom stereocenters. The van der Waals surface area contributed by atoms with Crippen molar-refractivity contribution < 1.29 is 19.1 Å². The van der Waals surface area contributed by atoms with Gasteiger partial charge in [0.2, 0.25) is 11.8 Å². The summed E-state index contributed by atoms with van der Waals surface area (Å²) < 4.78 is 5.94. The average molecular weight is 400 g/mol. The number of amides is 3. The van der Waals surface area contributed by atoms with E-state index in [-0.39, 0.29) is 12.8 Å². The Morgan fingerprint density at radius 2 is 1.96 bits per heavy atom. The molecule has 132 valence electrons. The second-order valence-corrected chi connectivity index (χ2v) is 7.12. The number of carbonyl (C=O) groups is 3. The van der Waals surface area contributed by atoms with Gasteiger partial charge >= 0.3 is 6.09 Å². The van der Waals surface area contributed by atoms with Crippen molar-refractivity contribution in [1.29, 1.82) is 0 Å². The number of ether oxygens (including phenoxy) is 1. The Kier molecular flexibility index (Phi) is 7.21. The van der Waals surface area contributed by atoms with Gasteiger partial charge < -0.3 is 21.1 Å². The van der Waals surface area contributed by atoms with E-state index in [1.165, 1.54) is 0 Å². The summed E-state index contributed by atoms with van der Waals surface area (Å²) in [6.45, 7) is 5.14. The minimum Gasteiger partial charge on any atom is -0.444 e. The van der Waals surface area contributed by atoms with Gasteiger partial charge in [0.15, 0.2) is 0 Å². The molecule has 4 N–H and O–H groups in total. The molecule has 0 saturated heterocycles. The molecule has 0 aromatic heterocycles. The molecule has 0 saturated carbocycles. The number of benzene rings is 1. The number of carbonyl (C=O) groups excluding carboxylic acids is 3. The zero-order chi connectivity index (χ0) is 18.3. The maximum atomic E-state index is 12.4. The highest BCUT2D eigenvalue weighted by molar-refractivity contribution is 9.10. The largest absolute Gasteiger partial charge is 0.444 e. The van der Waals surface area contributed by atoms with Crippen LogP contribution in [0, 0.1) is 0 Å². The van der Waals surface area contributed by atoms with Crippen LogP contribution in [0.1, 0.15) is 33.6 Å². The van der Waals surface area contributed by atoms with Crippen LogP contribution in [0.25, 0.3) is 0 Å². The highest BCUT2D eigenvalue weighted by atomic mass is 79.9. The summed E-state index contributed by atoms with van der Waals surface area (Å²) in [5.74, 6) is -1.01. The van der Waals surface area contributed by atoms with Crippen molar-refractivity contribution >= 4 is 39.5 Å². The molecule has 1 rings (SSSR count). The first-order valence-corrected chi connectivity index (χ1v) is 8.20. The van der Waals surface area contributed by atoms with Gasteiger partial charge in [0.25, 0.3) is 0 Å². The predicted molar refractivity (Wildman–Crippen MR) is 94.4 cm³/mol. The first kappa shape index (κ1) is 20.0. The molecule has 1 aromatic carbocycles. The van der Waals surface area contributed by atoms with Crippen LogP contribution in [0.15, 0.2) is 28.7 Å². The van der Waals surface area contributed by atoms with Gasteiger partial charge in [-0.25, -0.2) is 4.79 Å². The van der Waals surface area contributed by atoms with Crippen molar-refractivity contribution in [2.24, 2.45) is 5.73 Å². The number of halogens is 1. The van der Waals surface area contributed by atoms with Crippen LogP contribution in [-0.2, 0) is 14.3 Å². The van der Waals surface area contributed by atoms with E-state index in [0.717, 1.165) is 4.47 Å². The Bertz CT molecular complexity index is 614. The molecule has 0 aliphatic carbocycles. The zero-order valence-corrected chi connectivity index (χ0v) is 15.5. The van der Waals surface area contributed by atoms with Crippen molar-refractivity contribution in [3.8, 4) is 0 Å². The van der Waals surface area contributed by atoms with Crippen LogP contribution >= 0.6 is 15.9 Å². The Hall–Kier alpha value is -2.09. The van der Waals surface area contributed by atoms with Crippen molar-refractivity contribution in [2.75, 3.05) is 5.32 Å². The highest BCUT2D eigenvalue weighted by Gasteiger charge is 2.24. The number of alkyl carbamates (subject to hydrolysis) is 1. The van der Waals surface area contributed by atoms with Gasteiger partial charge in [0.05, 0.1) is 0 Å². The average Bonchev–Trinajstić information content (AvgIpc) is 2.41. The Balaban J connectivity index is 2.77. The molecule has 1 unspecified atom stereocenters. The zero-order valence-electron chi connectivity index (χ0n) is 13.9. The molecule has 0 radical (unpaired) electrons. The minimum atomic E-state index is -0.939. The number of hydrogen-bond donors (Lipinski definition) is 3. The van der Waals surface area contributed by atoms with Crippen molar-refractivity contribution in [3.63, 3.8) is 0 Å². The van der Waals surface area contributed by atoms with Gasteiger partial charge in [-0.05, 0) is 45.4 Å². The third-order valence-electron chi connectivity index (χ3n) is 2.78. The van der Waals surface area contributed by atoms with Crippen molar-refractivity contribution in [3.05, 3.63) is 28.7 Å². The fraction of sp³-hybridized carbons (Fsp3) is 0.438. The molecule has 24 heavy (non-hydrogen) atoms. The van der Waals surface area contributed by atoms with Gasteiger partial charge in [-0.1, -0.05) is 22.0 Å². The number of nitrogens with one attached hydrogen (secondary N) is 2. The molecule has 0 aliphatic heterocycles. The number of nitrogens with two attached hydrogens (primary N) is 1. The number of hydrogen-bond acceptors (Lipinski definition) is 4. The second-order valence-electron chi connectivity index (χ2n) is 6.20. The van der Waals surface area contributed by atoms with E-state index in [4.69, 9.17) is 10.5 Å². The van der Waals surface area contributed by atoms with E-state index >= 15 is 0 Å². The Morgan fingerprint density at radius 1 is 1.29 bits per heavy atom. The fourth-order valence-electron chi connectivity index (χ4n) is 1.80. The molecule has 3 amide bonds. The smallest absolute Gasteiger partial charge is 0.408 e. The molecule has 0 spiro atoms. The summed E-state index contributed by atoms with van der Waals surface area (Å²) in [6, 6.07) is 6.07. The summed E-state index contributed by atoms with van der Waals surface area (Å²) in [5, 5.41) is 5.15. The van der Waals surface area contributed by atoms with E-state index in [1.54, 1.807) is 39.0 Å². The van der Waals surface area contributed by atoms with Crippen LogP contribution in [0.3, 0.4) is 0 Å². The monoisotopic (exact) mass is 399 g/mol. The maximum Gasteiger partial charge on any atom is 0.408 e. The molecular formula is C16H22BrN3O4. The van der Waals surface area contributed by atoms with Crippen LogP contribution in [0.4, 0.5) is 10.5 Å². The quantitative estimate of drug-likeness (QED) is 0.682. The standard InChI is InChI=1S/C16H22BrN3O4/c1-16(2,3)24-15(23)20-12(7-8-13(18)21)14(22)19-11-6-4-5-10(17)9-11/h4-6,9,12H,7-8H2,1-3H3,(H2,18,21)(H,19,22)(H,20,23). The van der Waals surface area contributed by atoms with Gasteiger partial charge in [-0.15, -0.1) is 0 Å². The number of anilines is 1. The summed E-state index contributed by atoms with van der Waals surface area (Å²) in [7, 11) is 0. The van der Waals surface area contributed by atoms with E-state index in [2.05, 4.69) is 26.6 Å². The molecule has 0 heterocycles. The molecule has 0 bridgehead atoms.